The quantitative estimate of drug-likeness (QED) is 0.308. The summed E-state index contributed by atoms with van der Waals surface area (Å²) in [5, 5.41) is 3.29. The number of nitrogens with zero attached hydrogens (tertiary/aromatic N) is 6. The van der Waals surface area contributed by atoms with Crippen LogP contribution in [0.3, 0.4) is 0 Å². The van der Waals surface area contributed by atoms with Crippen LogP contribution in [0.5, 0.6) is 11.6 Å². The number of pyridine rings is 2. The monoisotopic (exact) mass is 605 g/mol. The van der Waals surface area contributed by atoms with Crippen molar-refractivity contribution in [3.8, 4) is 22.8 Å². The maximum absolute atomic E-state index is 13.3. The number of aromatic nitrogens is 5. The molecule has 0 aliphatic carbocycles. The summed E-state index contributed by atoms with van der Waals surface area (Å²) in [6.07, 6.45) is -1.12. The fourth-order valence-corrected chi connectivity index (χ4v) is 5.27. The maximum atomic E-state index is 13.3. The number of carbonyl (C=O) groups excluding carboxylic acids is 2. The molecule has 0 atom stereocenters. The number of thiazole rings is 1. The molecular weight excluding hydrogens is 587 g/mol. The fourth-order valence-electron chi connectivity index (χ4n) is 4.13. The summed E-state index contributed by atoms with van der Waals surface area (Å²) in [5.41, 5.74) is 0.918. The van der Waals surface area contributed by atoms with Gasteiger partial charge in [-0.3, -0.25) is 19.9 Å². The molecule has 16 heteroatoms. The van der Waals surface area contributed by atoms with Crippen LogP contribution in [0.15, 0.2) is 30.7 Å². The SMILES string of the molecule is COc1cnc(Cl)cc1-c1cc(C)ncc1C(=O)Nc1nc2c(s1)CN(C(=O)c1cnc(C(F)(F)F)c(OC)n1)C2. The average Bonchev–Trinajstić information content (AvgIpc) is 3.50. The number of anilines is 1. The topological polar surface area (TPSA) is 132 Å². The smallest absolute Gasteiger partial charge is 0.438 e. The number of carbonyl (C=O) groups is 2. The van der Waals surface area contributed by atoms with Crippen LogP contribution in [0.2, 0.25) is 5.15 Å². The van der Waals surface area contributed by atoms with E-state index in [4.69, 9.17) is 16.3 Å². The Balaban J connectivity index is 1.33. The lowest BCUT2D eigenvalue weighted by Gasteiger charge is -2.16. The molecule has 4 aromatic rings. The number of nitrogens with one attached hydrogen (secondary N) is 1. The zero-order valence-corrected chi connectivity index (χ0v) is 23.1. The van der Waals surface area contributed by atoms with Gasteiger partial charge in [-0.05, 0) is 19.1 Å². The maximum Gasteiger partial charge on any atom is 0.438 e. The number of alkyl halides is 3. The zero-order valence-electron chi connectivity index (χ0n) is 21.5. The van der Waals surface area contributed by atoms with Crippen LogP contribution < -0.4 is 14.8 Å². The van der Waals surface area contributed by atoms with Crippen LogP contribution in [-0.4, -0.2) is 55.9 Å². The third-order valence-corrected chi connectivity index (χ3v) is 7.22. The minimum Gasteiger partial charge on any atom is -0.494 e. The van der Waals surface area contributed by atoms with Gasteiger partial charge in [-0.15, -0.1) is 0 Å². The molecule has 0 radical (unpaired) electrons. The first-order valence-electron chi connectivity index (χ1n) is 11.7. The molecule has 0 saturated carbocycles. The van der Waals surface area contributed by atoms with Crippen molar-refractivity contribution in [1.29, 1.82) is 0 Å². The third kappa shape index (κ3) is 5.63. The van der Waals surface area contributed by atoms with Crippen molar-refractivity contribution >= 4 is 39.9 Å². The van der Waals surface area contributed by atoms with Crippen molar-refractivity contribution < 1.29 is 32.2 Å². The van der Waals surface area contributed by atoms with Gasteiger partial charge < -0.3 is 14.4 Å². The summed E-state index contributed by atoms with van der Waals surface area (Å²) >= 11 is 7.27. The zero-order chi connectivity index (χ0) is 29.5. The Morgan fingerprint density at radius 1 is 1.02 bits per heavy atom. The summed E-state index contributed by atoms with van der Waals surface area (Å²) in [4.78, 5) is 48.0. The molecule has 1 aliphatic rings. The van der Waals surface area contributed by atoms with Crippen LogP contribution in [0.25, 0.3) is 11.1 Å². The largest absolute Gasteiger partial charge is 0.494 e. The Bertz CT molecular complexity index is 1660. The van der Waals surface area contributed by atoms with Crippen molar-refractivity contribution in [1.82, 2.24) is 29.8 Å². The highest BCUT2D eigenvalue weighted by atomic mass is 35.5. The standard InChI is InChI=1S/C25H19ClF3N7O4S/c1-11-4-12(13-5-19(26)31-8-17(13)39-2)14(6-30-11)21(37)35-24-34-16-9-36(10-18(16)41-24)23(38)15-7-32-20(25(27,28)29)22(33-15)40-3/h4-8H,9-10H2,1-3H3,(H,34,35,37). The van der Waals surface area contributed by atoms with Gasteiger partial charge in [-0.1, -0.05) is 22.9 Å². The highest BCUT2D eigenvalue weighted by molar-refractivity contribution is 7.16. The van der Waals surface area contributed by atoms with Crippen LogP contribution in [0.4, 0.5) is 18.3 Å². The second kappa shape index (κ2) is 10.9. The number of methoxy groups -OCH3 is 2. The minimum atomic E-state index is -4.78. The first kappa shape index (κ1) is 28.2. The number of amides is 2. The van der Waals surface area contributed by atoms with Crippen LogP contribution in [0, 0.1) is 6.92 Å². The first-order valence-corrected chi connectivity index (χ1v) is 12.9. The summed E-state index contributed by atoms with van der Waals surface area (Å²) in [7, 11) is 2.49. The van der Waals surface area contributed by atoms with Crippen molar-refractivity contribution in [3.05, 3.63) is 69.1 Å². The van der Waals surface area contributed by atoms with Gasteiger partial charge in [0.05, 0.1) is 55.8 Å². The molecule has 5 rings (SSSR count). The molecular formula is C25H19ClF3N7O4S. The Morgan fingerprint density at radius 3 is 2.49 bits per heavy atom. The number of hydrogen-bond donors (Lipinski definition) is 1. The van der Waals surface area contributed by atoms with Crippen LogP contribution >= 0.6 is 22.9 Å². The Kier molecular flexibility index (Phi) is 7.48. The summed E-state index contributed by atoms with van der Waals surface area (Å²) in [5.74, 6) is -1.49. The number of aryl methyl sites for hydroxylation is 1. The third-order valence-electron chi connectivity index (χ3n) is 6.01. The van der Waals surface area contributed by atoms with Gasteiger partial charge >= 0.3 is 6.18 Å². The molecule has 5 heterocycles. The Hall–Kier alpha value is -4.37. The molecule has 0 spiro atoms. The lowest BCUT2D eigenvalue weighted by molar-refractivity contribution is -0.142. The van der Waals surface area contributed by atoms with E-state index in [2.05, 4.69) is 35.0 Å². The molecule has 0 aromatic carbocycles. The Labute approximate surface area is 239 Å². The number of halogens is 4. The van der Waals surface area contributed by atoms with Gasteiger partial charge in [-0.25, -0.2) is 19.9 Å². The summed E-state index contributed by atoms with van der Waals surface area (Å²) in [6, 6.07) is 3.32. The van der Waals surface area contributed by atoms with Crippen molar-refractivity contribution in [2.45, 2.75) is 26.2 Å². The van der Waals surface area contributed by atoms with Gasteiger partial charge in [-0.2, -0.15) is 13.2 Å². The van der Waals surface area contributed by atoms with Gasteiger partial charge in [0.2, 0.25) is 11.6 Å². The van der Waals surface area contributed by atoms with E-state index in [0.717, 1.165) is 13.3 Å². The molecule has 0 fully saturated rings. The molecule has 0 unspecified atom stereocenters. The molecule has 4 aromatic heterocycles. The van der Waals surface area contributed by atoms with E-state index in [0.29, 0.717) is 38.3 Å². The van der Waals surface area contributed by atoms with E-state index in [-0.39, 0.29) is 29.5 Å². The fraction of sp³-hybridized carbons (Fsp3) is 0.240. The molecule has 11 nitrogen and oxygen atoms in total. The average molecular weight is 606 g/mol. The molecule has 212 valence electrons. The van der Waals surface area contributed by atoms with Gasteiger partial charge in [0, 0.05) is 23.0 Å². The van der Waals surface area contributed by atoms with Crippen molar-refractivity contribution in [2.24, 2.45) is 0 Å². The van der Waals surface area contributed by atoms with E-state index < -0.39 is 29.6 Å². The second-order valence-electron chi connectivity index (χ2n) is 8.69. The van der Waals surface area contributed by atoms with Crippen molar-refractivity contribution in [3.63, 3.8) is 0 Å². The van der Waals surface area contributed by atoms with Gasteiger partial charge in [0.15, 0.2) is 10.8 Å². The molecule has 1 aliphatic heterocycles. The van der Waals surface area contributed by atoms with Gasteiger partial charge in [0.1, 0.15) is 10.9 Å². The second-order valence-corrected chi connectivity index (χ2v) is 10.2. The normalized spacial score (nSPS) is 12.7. The van der Waals surface area contributed by atoms with E-state index >= 15 is 0 Å². The Morgan fingerprint density at radius 2 is 1.80 bits per heavy atom. The van der Waals surface area contributed by atoms with E-state index in [1.165, 1.54) is 35.7 Å². The first-order chi connectivity index (χ1) is 19.5. The molecule has 2 amide bonds. The predicted octanol–water partition coefficient (Wildman–Crippen LogP) is 4.80. The number of rotatable bonds is 6. The van der Waals surface area contributed by atoms with Gasteiger partial charge in [0.25, 0.3) is 11.8 Å². The predicted molar refractivity (Wildman–Crippen MR) is 141 cm³/mol. The number of ether oxygens (including phenoxy) is 2. The lowest BCUT2D eigenvalue weighted by atomic mass is 10.0. The van der Waals surface area contributed by atoms with E-state index in [1.807, 2.05) is 0 Å². The van der Waals surface area contributed by atoms with E-state index in [9.17, 15) is 22.8 Å². The highest BCUT2D eigenvalue weighted by Gasteiger charge is 2.38. The summed E-state index contributed by atoms with van der Waals surface area (Å²) < 4.78 is 49.4. The molecule has 0 saturated heterocycles. The summed E-state index contributed by atoms with van der Waals surface area (Å²) in [6.45, 7) is 1.97. The lowest BCUT2D eigenvalue weighted by Crippen LogP contribution is -2.27. The number of fused-ring (bicyclic) bond motifs is 1. The minimum absolute atomic E-state index is 0.0651. The van der Waals surface area contributed by atoms with Crippen molar-refractivity contribution in [2.75, 3.05) is 19.5 Å². The van der Waals surface area contributed by atoms with Crippen LogP contribution in [0.1, 0.15) is 42.8 Å². The molecule has 41 heavy (non-hydrogen) atoms. The molecule has 1 N–H and O–H groups in total. The van der Waals surface area contributed by atoms with Crippen LogP contribution in [-0.2, 0) is 19.3 Å². The number of hydrogen-bond acceptors (Lipinski definition) is 10. The highest BCUT2D eigenvalue weighted by Crippen LogP contribution is 2.36. The van der Waals surface area contributed by atoms with E-state index in [1.54, 1.807) is 19.1 Å². The molecule has 0 bridgehead atoms.